The Hall–Kier alpha value is 0.120. The van der Waals surface area contributed by atoms with Crippen LogP contribution in [0.5, 0.6) is 0 Å². The van der Waals surface area contributed by atoms with Crippen LogP contribution in [0.1, 0.15) is 0 Å². The summed E-state index contributed by atoms with van der Waals surface area (Å²) in [5, 5.41) is 0. The highest BCUT2D eigenvalue weighted by Gasteiger charge is 1.97. The Morgan fingerprint density at radius 1 is 1.25 bits per heavy atom. The Morgan fingerprint density at radius 2 is 1.92 bits per heavy atom. The SMILES string of the molecule is COCCOCCOC(=O)CI. The highest BCUT2D eigenvalue weighted by Crippen LogP contribution is 1.86. The normalized spacial score (nSPS) is 9.83. The van der Waals surface area contributed by atoms with Crippen molar-refractivity contribution in [3.8, 4) is 0 Å². The van der Waals surface area contributed by atoms with Crippen LogP contribution in [-0.4, -0.2) is 43.9 Å². The predicted octanol–water partition coefficient (Wildman–Crippen LogP) is 0.628. The van der Waals surface area contributed by atoms with Crippen LogP contribution in [0.4, 0.5) is 0 Å². The molecule has 0 fully saturated rings. The largest absolute Gasteiger partial charge is 0.463 e. The summed E-state index contributed by atoms with van der Waals surface area (Å²) in [4.78, 5) is 10.6. The smallest absolute Gasteiger partial charge is 0.315 e. The van der Waals surface area contributed by atoms with E-state index < -0.39 is 0 Å². The Labute approximate surface area is 85.7 Å². The van der Waals surface area contributed by atoms with Gasteiger partial charge in [-0.25, -0.2) is 0 Å². The van der Waals surface area contributed by atoms with Crippen molar-refractivity contribution in [2.24, 2.45) is 0 Å². The molecule has 0 rings (SSSR count). The van der Waals surface area contributed by atoms with Gasteiger partial charge in [-0.2, -0.15) is 0 Å². The van der Waals surface area contributed by atoms with Gasteiger partial charge >= 0.3 is 5.97 Å². The second-order valence-electron chi connectivity index (χ2n) is 1.96. The number of methoxy groups -OCH3 is 1. The Balaban J connectivity index is 2.95. The van der Waals surface area contributed by atoms with Crippen molar-refractivity contribution in [1.82, 2.24) is 0 Å². The standard InChI is InChI=1S/C7H13IO4/c1-10-2-3-11-4-5-12-7(9)6-8/h2-6H2,1H3. The molecule has 0 aromatic heterocycles. The summed E-state index contributed by atoms with van der Waals surface area (Å²) in [6.45, 7) is 1.87. The number of hydrogen-bond acceptors (Lipinski definition) is 4. The fraction of sp³-hybridized carbons (Fsp3) is 0.857. The molecule has 0 N–H and O–H groups in total. The van der Waals surface area contributed by atoms with Gasteiger partial charge in [0, 0.05) is 7.11 Å². The van der Waals surface area contributed by atoms with Gasteiger partial charge < -0.3 is 14.2 Å². The molecular weight excluding hydrogens is 275 g/mol. The average molecular weight is 288 g/mol. The number of alkyl halides is 1. The molecular formula is C7H13IO4. The van der Waals surface area contributed by atoms with E-state index in [1.165, 1.54) is 0 Å². The van der Waals surface area contributed by atoms with Gasteiger partial charge in [-0.15, -0.1) is 0 Å². The van der Waals surface area contributed by atoms with Gasteiger partial charge in [0.2, 0.25) is 0 Å². The van der Waals surface area contributed by atoms with Crippen molar-refractivity contribution in [1.29, 1.82) is 0 Å². The molecule has 0 aliphatic rings. The number of halogens is 1. The summed E-state index contributed by atoms with van der Waals surface area (Å²) in [7, 11) is 1.61. The number of hydrogen-bond donors (Lipinski definition) is 0. The van der Waals surface area contributed by atoms with Crippen LogP contribution in [0.25, 0.3) is 0 Å². The maximum Gasteiger partial charge on any atom is 0.315 e. The zero-order valence-corrected chi connectivity index (χ0v) is 9.20. The molecule has 0 radical (unpaired) electrons. The third-order valence-corrected chi connectivity index (χ3v) is 1.65. The first-order valence-electron chi connectivity index (χ1n) is 3.59. The van der Waals surface area contributed by atoms with Crippen molar-refractivity contribution in [3.05, 3.63) is 0 Å². The molecule has 0 saturated heterocycles. The first-order valence-corrected chi connectivity index (χ1v) is 5.12. The average Bonchev–Trinajstić information content (AvgIpc) is 2.10. The van der Waals surface area contributed by atoms with Crippen LogP contribution in [0.3, 0.4) is 0 Å². The molecule has 0 atom stereocenters. The van der Waals surface area contributed by atoms with Gasteiger partial charge in [-0.1, -0.05) is 22.6 Å². The molecule has 0 spiro atoms. The second-order valence-corrected chi connectivity index (χ2v) is 2.72. The van der Waals surface area contributed by atoms with E-state index >= 15 is 0 Å². The van der Waals surface area contributed by atoms with Crippen molar-refractivity contribution < 1.29 is 19.0 Å². The van der Waals surface area contributed by atoms with Crippen LogP contribution in [0.15, 0.2) is 0 Å². The van der Waals surface area contributed by atoms with Crippen molar-refractivity contribution in [2.45, 2.75) is 0 Å². The third kappa shape index (κ3) is 8.22. The molecule has 4 nitrogen and oxygen atoms in total. The second kappa shape index (κ2) is 9.21. The minimum Gasteiger partial charge on any atom is -0.463 e. The topological polar surface area (TPSA) is 44.8 Å². The lowest BCUT2D eigenvalue weighted by molar-refractivity contribution is -0.141. The number of esters is 1. The molecule has 0 heterocycles. The Kier molecular flexibility index (Phi) is 9.30. The number of rotatable bonds is 7. The van der Waals surface area contributed by atoms with Crippen LogP contribution in [0, 0.1) is 0 Å². The molecule has 0 aromatic rings. The number of carbonyl (C=O) groups excluding carboxylic acids is 1. The molecule has 0 aliphatic carbocycles. The summed E-state index contributed by atoms with van der Waals surface area (Å²) >= 11 is 1.95. The summed E-state index contributed by atoms with van der Waals surface area (Å²) in [6.07, 6.45) is 0. The zero-order chi connectivity index (χ0) is 9.23. The van der Waals surface area contributed by atoms with Crippen LogP contribution in [-0.2, 0) is 19.0 Å². The van der Waals surface area contributed by atoms with E-state index in [9.17, 15) is 4.79 Å². The van der Waals surface area contributed by atoms with Crippen LogP contribution >= 0.6 is 22.6 Å². The molecule has 0 unspecified atom stereocenters. The zero-order valence-electron chi connectivity index (χ0n) is 7.05. The fourth-order valence-corrected chi connectivity index (χ4v) is 0.718. The van der Waals surface area contributed by atoms with Gasteiger partial charge in [0.1, 0.15) is 6.61 Å². The monoisotopic (exact) mass is 288 g/mol. The maximum atomic E-state index is 10.6. The molecule has 0 amide bonds. The number of carbonyl (C=O) groups is 1. The summed E-state index contributed by atoms with van der Waals surface area (Å²) in [5.74, 6) is -0.203. The molecule has 0 saturated carbocycles. The lowest BCUT2D eigenvalue weighted by Gasteiger charge is -2.03. The Morgan fingerprint density at radius 3 is 2.50 bits per heavy atom. The third-order valence-electron chi connectivity index (χ3n) is 1.03. The molecule has 0 bridgehead atoms. The van der Waals surface area contributed by atoms with Crippen LogP contribution < -0.4 is 0 Å². The minimum absolute atomic E-state index is 0.203. The summed E-state index contributed by atoms with van der Waals surface area (Å²) in [5.41, 5.74) is 0. The van der Waals surface area contributed by atoms with E-state index in [1.54, 1.807) is 7.11 Å². The number of ether oxygens (including phenoxy) is 3. The van der Waals surface area contributed by atoms with E-state index in [1.807, 2.05) is 22.6 Å². The Bertz CT molecular complexity index is 118. The molecule has 0 aromatic carbocycles. The lowest BCUT2D eigenvalue weighted by atomic mass is 10.7. The lowest BCUT2D eigenvalue weighted by Crippen LogP contribution is -2.12. The van der Waals surface area contributed by atoms with E-state index in [2.05, 4.69) is 0 Å². The summed E-state index contributed by atoms with van der Waals surface area (Å²) < 4.78 is 15.0. The first-order chi connectivity index (χ1) is 5.81. The molecule has 5 heteroatoms. The highest BCUT2D eigenvalue weighted by molar-refractivity contribution is 14.1. The van der Waals surface area contributed by atoms with Crippen LogP contribution in [0.2, 0.25) is 0 Å². The first kappa shape index (κ1) is 12.1. The van der Waals surface area contributed by atoms with Crippen molar-refractivity contribution >= 4 is 28.6 Å². The predicted molar refractivity (Wildman–Crippen MR) is 52.5 cm³/mol. The fourth-order valence-electron chi connectivity index (χ4n) is 0.497. The van der Waals surface area contributed by atoms with Gasteiger partial charge in [0.15, 0.2) is 0 Å². The maximum absolute atomic E-state index is 10.6. The molecule has 0 aliphatic heterocycles. The van der Waals surface area contributed by atoms with Gasteiger partial charge in [0.25, 0.3) is 0 Å². The van der Waals surface area contributed by atoms with Gasteiger partial charge in [0.05, 0.1) is 24.2 Å². The van der Waals surface area contributed by atoms with Gasteiger partial charge in [-0.3, -0.25) is 4.79 Å². The minimum atomic E-state index is -0.203. The highest BCUT2D eigenvalue weighted by atomic mass is 127. The molecule has 72 valence electrons. The van der Waals surface area contributed by atoms with E-state index in [-0.39, 0.29) is 5.97 Å². The van der Waals surface area contributed by atoms with E-state index in [0.29, 0.717) is 30.9 Å². The van der Waals surface area contributed by atoms with E-state index in [4.69, 9.17) is 14.2 Å². The van der Waals surface area contributed by atoms with E-state index in [0.717, 1.165) is 0 Å². The van der Waals surface area contributed by atoms with Crippen molar-refractivity contribution in [3.63, 3.8) is 0 Å². The quantitative estimate of drug-likeness (QED) is 0.298. The van der Waals surface area contributed by atoms with Gasteiger partial charge in [-0.05, 0) is 0 Å². The molecule has 12 heavy (non-hydrogen) atoms. The van der Waals surface area contributed by atoms with Crippen molar-refractivity contribution in [2.75, 3.05) is 38.0 Å². The summed E-state index contributed by atoms with van der Waals surface area (Å²) in [6, 6.07) is 0.